The summed E-state index contributed by atoms with van der Waals surface area (Å²) in [5, 5.41) is 7.33. The fourth-order valence-electron chi connectivity index (χ4n) is 1.59. The molecule has 5 nitrogen and oxygen atoms in total. The van der Waals surface area contributed by atoms with Gasteiger partial charge in [0.25, 0.3) is 0 Å². The van der Waals surface area contributed by atoms with Crippen molar-refractivity contribution in [2.45, 2.75) is 59.1 Å². The Labute approximate surface area is 109 Å². The zero-order valence-electron chi connectivity index (χ0n) is 11.7. The minimum absolute atomic E-state index is 0.445. The van der Waals surface area contributed by atoms with E-state index in [9.17, 15) is 0 Å². The lowest BCUT2D eigenvalue weighted by molar-refractivity contribution is 0.114. The second-order valence-electron chi connectivity index (χ2n) is 4.55. The van der Waals surface area contributed by atoms with Gasteiger partial charge in [0.15, 0.2) is 5.82 Å². The van der Waals surface area contributed by atoms with Crippen molar-refractivity contribution in [2.24, 2.45) is 0 Å². The maximum Gasteiger partial charge on any atom is 0.226 e. The summed E-state index contributed by atoms with van der Waals surface area (Å²) >= 11 is 0. The van der Waals surface area contributed by atoms with E-state index in [1.165, 1.54) is 0 Å². The highest BCUT2D eigenvalue weighted by Crippen LogP contribution is 2.04. The number of rotatable bonds is 10. The minimum Gasteiger partial charge on any atom is -0.373 e. The van der Waals surface area contributed by atoms with Crippen molar-refractivity contribution in [1.82, 2.24) is 15.5 Å². The summed E-state index contributed by atoms with van der Waals surface area (Å²) in [5.41, 5.74) is 0. The van der Waals surface area contributed by atoms with E-state index in [2.05, 4.69) is 36.2 Å². The van der Waals surface area contributed by atoms with Gasteiger partial charge < -0.3 is 14.6 Å². The van der Waals surface area contributed by atoms with Crippen molar-refractivity contribution in [3.8, 4) is 0 Å². The Balaban J connectivity index is 2.22. The smallest absolute Gasteiger partial charge is 0.226 e. The number of aromatic nitrogens is 2. The van der Waals surface area contributed by atoms with Crippen LogP contribution >= 0.6 is 0 Å². The van der Waals surface area contributed by atoms with Gasteiger partial charge in [-0.2, -0.15) is 4.98 Å². The van der Waals surface area contributed by atoms with Gasteiger partial charge in [0.2, 0.25) is 5.89 Å². The molecule has 18 heavy (non-hydrogen) atoms. The Morgan fingerprint density at radius 1 is 1.33 bits per heavy atom. The van der Waals surface area contributed by atoms with Gasteiger partial charge in [-0.15, -0.1) is 0 Å². The van der Waals surface area contributed by atoms with E-state index in [0.717, 1.165) is 38.8 Å². The summed E-state index contributed by atoms with van der Waals surface area (Å²) < 4.78 is 10.5. The van der Waals surface area contributed by atoms with Crippen LogP contribution in [0.5, 0.6) is 0 Å². The molecule has 0 saturated carbocycles. The standard InChI is InChI=1S/C13H25N3O2/c1-4-8-14-11(3)6-7-13-15-12(16-18-13)10-17-9-5-2/h11,14H,4-10H2,1-3H3. The first-order valence-corrected chi connectivity index (χ1v) is 6.88. The van der Waals surface area contributed by atoms with Crippen molar-refractivity contribution in [3.63, 3.8) is 0 Å². The zero-order chi connectivity index (χ0) is 13.2. The largest absolute Gasteiger partial charge is 0.373 e. The molecule has 1 N–H and O–H groups in total. The first-order chi connectivity index (χ1) is 8.76. The Kier molecular flexibility index (Phi) is 7.60. The maximum absolute atomic E-state index is 5.36. The normalized spacial score (nSPS) is 12.8. The summed E-state index contributed by atoms with van der Waals surface area (Å²) in [4.78, 5) is 4.30. The van der Waals surface area contributed by atoms with Crippen molar-refractivity contribution >= 4 is 0 Å². The van der Waals surface area contributed by atoms with Crippen LogP contribution in [0.4, 0.5) is 0 Å². The third kappa shape index (κ3) is 6.12. The highest BCUT2D eigenvalue weighted by Gasteiger charge is 2.08. The molecular formula is C13H25N3O2. The molecule has 0 fully saturated rings. The molecule has 1 rings (SSSR count). The number of aryl methyl sites for hydroxylation is 1. The molecule has 0 aliphatic carbocycles. The molecule has 0 spiro atoms. The fourth-order valence-corrected chi connectivity index (χ4v) is 1.59. The average molecular weight is 255 g/mol. The molecule has 1 unspecified atom stereocenters. The molecule has 0 saturated heterocycles. The predicted molar refractivity (Wildman–Crippen MR) is 70.3 cm³/mol. The van der Waals surface area contributed by atoms with Crippen LogP contribution in [-0.2, 0) is 17.8 Å². The predicted octanol–water partition coefficient (Wildman–Crippen LogP) is 2.32. The summed E-state index contributed by atoms with van der Waals surface area (Å²) in [6.07, 6.45) is 3.99. The number of nitrogens with one attached hydrogen (secondary N) is 1. The molecule has 1 aromatic heterocycles. The molecule has 1 atom stereocenters. The highest BCUT2D eigenvalue weighted by atomic mass is 16.5. The lowest BCUT2D eigenvalue weighted by Gasteiger charge is -2.10. The summed E-state index contributed by atoms with van der Waals surface area (Å²) in [6.45, 7) is 8.66. The number of hydrogen-bond acceptors (Lipinski definition) is 5. The second kappa shape index (κ2) is 9.05. The van der Waals surface area contributed by atoms with Crippen molar-refractivity contribution in [2.75, 3.05) is 13.2 Å². The average Bonchev–Trinajstić information content (AvgIpc) is 2.82. The first-order valence-electron chi connectivity index (χ1n) is 6.88. The maximum atomic E-state index is 5.36. The molecule has 0 amide bonds. The monoisotopic (exact) mass is 255 g/mol. The van der Waals surface area contributed by atoms with Crippen molar-refractivity contribution < 1.29 is 9.26 Å². The zero-order valence-corrected chi connectivity index (χ0v) is 11.7. The molecular weight excluding hydrogens is 230 g/mol. The Hall–Kier alpha value is -0.940. The molecule has 0 aromatic carbocycles. The van der Waals surface area contributed by atoms with Crippen LogP contribution in [0.1, 0.15) is 51.7 Å². The van der Waals surface area contributed by atoms with Gasteiger partial charge in [0.05, 0.1) is 0 Å². The van der Waals surface area contributed by atoms with E-state index in [-0.39, 0.29) is 0 Å². The lowest BCUT2D eigenvalue weighted by Crippen LogP contribution is -2.27. The molecule has 104 valence electrons. The summed E-state index contributed by atoms with van der Waals surface area (Å²) in [7, 11) is 0. The van der Waals surface area contributed by atoms with Crippen LogP contribution in [0, 0.1) is 0 Å². The number of hydrogen-bond donors (Lipinski definition) is 1. The Bertz CT molecular complexity index is 315. The topological polar surface area (TPSA) is 60.2 Å². The lowest BCUT2D eigenvalue weighted by atomic mass is 10.2. The summed E-state index contributed by atoms with van der Waals surface area (Å²) in [6, 6.07) is 0.483. The van der Waals surface area contributed by atoms with E-state index in [0.29, 0.717) is 24.4 Å². The third-order valence-corrected chi connectivity index (χ3v) is 2.62. The second-order valence-corrected chi connectivity index (χ2v) is 4.55. The van der Waals surface area contributed by atoms with Gasteiger partial charge in [0, 0.05) is 19.1 Å². The van der Waals surface area contributed by atoms with Gasteiger partial charge in [-0.3, -0.25) is 0 Å². The van der Waals surface area contributed by atoms with E-state index in [1.807, 2.05) is 0 Å². The van der Waals surface area contributed by atoms with E-state index in [4.69, 9.17) is 9.26 Å². The van der Waals surface area contributed by atoms with Crippen LogP contribution in [0.25, 0.3) is 0 Å². The quantitative estimate of drug-likeness (QED) is 0.650. The van der Waals surface area contributed by atoms with Crippen LogP contribution in [0.15, 0.2) is 4.52 Å². The van der Waals surface area contributed by atoms with Gasteiger partial charge in [0.1, 0.15) is 6.61 Å². The van der Waals surface area contributed by atoms with Gasteiger partial charge in [-0.05, 0) is 32.7 Å². The minimum atomic E-state index is 0.445. The Morgan fingerprint density at radius 2 is 2.17 bits per heavy atom. The van der Waals surface area contributed by atoms with Gasteiger partial charge >= 0.3 is 0 Å². The highest BCUT2D eigenvalue weighted by molar-refractivity contribution is 4.85. The molecule has 5 heteroatoms. The molecule has 1 heterocycles. The van der Waals surface area contributed by atoms with Crippen LogP contribution < -0.4 is 5.32 Å². The number of nitrogens with zero attached hydrogens (tertiary/aromatic N) is 2. The molecule has 0 aliphatic heterocycles. The molecule has 0 radical (unpaired) electrons. The van der Waals surface area contributed by atoms with E-state index in [1.54, 1.807) is 0 Å². The van der Waals surface area contributed by atoms with Crippen LogP contribution in [0.3, 0.4) is 0 Å². The molecule has 0 bridgehead atoms. The third-order valence-electron chi connectivity index (χ3n) is 2.62. The van der Waals surface area contributed by atoms with Crippen molar-refractivity contribution in [1.29, 1.82) is 0 Å². The van der Waals surface area contributed by atoms with Crippen LogP contribution in [-0.4, -0.2) is 29.3 Å². The molecule has 0 aliphatic rings. The van der Waals surface area contributed by atoms with Crippen LogP contribution in [0.2, 0.25) is 0 Å². The van der Waals surface area contributed by atoms with Gasteiger partial charge in [-0.25, -0.2) is 0 Å². The van der Waals surface area contributed by atoms with E-state index >= 15 is 0 Å². The fraction of sp³-hybridized carbons (Fsp3) is 0.846. The first kappa shape index (κ1) is 15.1. The summed E-state index contributed by atoms with van der Waals surface area (Å²) in [5.74, 6) is 1.35. The Morgan fingerprint density at radius 3 is 2.89 bits per heavy atom. The van der Waals surface area contributed by atoms with Gasteiger partial charge in [-0.1, -0.05) is 19.0 Å². The van der Waals surface area contributed by atoms with E-state index < -0.39 is 0 Å². The number of ether oxygens (including phenoxy) is 1. The SMILES string of the molecule is CCCNC(C)CCc1nc(COCCC)no1. The molecule has 1 aromatic rings. The van der Waals surface area contributed by atoms with Crippen molar-refractivity contribution in [3.05, 3.63) is 11.7 Å².